The minimum absolute atomic E-state index is 0.110. The Morgan fingerprint density at radius 2 is 1.68 bits per heavy atom. The third-order valence-corrected chi connectivity index (χ3v) is 8.55. The van der Waals surface area contributed by atoms with Gasteiger partial charge in [0.25, 0.3) is 0 Å². The molecule has 0 radical (unpaired) electrons. The van der Waals surface area contributed by atoms with Crippen molar-refractivity contribution in [3.63, 3.8) is 0 Å². The minimum atomic E-state index is -0.669. The fraction of sp³-hybridized carbons (Fsp3) is 0.355. The number of rotatable bonds is 10. The third-order valence-electron chi connectivity index (χ3n) is 6.96. The first-order valence-electron chi connectivity index (χ1n) is 13.2. The highest BCUT2D eigenvalue weighted by molar-refractivity contribution is 8.00. The SMILES string of the molecule is Cc1ccc(SCC(=O)N(Cc2ccc(Cl)cc2Cl)C(Cc2ccccc2)C(=O)NC2CCCCC2)cc1. The van der Waals surface area contributed by atoms with E-state index >= 15 is 0 Å². The highest BCUT2D eigenvalue weighted by Crippen LogP contribution is 2.26. The molecule has 1 N–H and O–H groups in total. The lowest BCUT2D eigenvalue weighted by atomic mass is 9.94. The zero-order valence-corrected chi connectivity index (χ0v) is 24.0. The van der Waals surface area contributed by atoms with Crippen LogP contribution in [0.25, 0.3) is 0 Å². The van der Waals surface area contributed by atoms with E-state index in [1.54, 1.807) is 17.0 Å². The van der Waals surface area contributed by atoms with Crippen LogP contribution in [0.3, 0.4) is 0 Å². The van der Waals surface area contributed by atoms with E-state index in [1.807, 2.05) is 67.6 Å². The van der Waals surface area contributed by atoms with E-state index in [4.69, 9.17) is 23.2 Å². The number of nitrogens with one attached hydrogen (secondary N) is 1. The monoisotopic (exact) mass is 568 g/mol. The van der Waals surface area contributed by atoms with Gasteiger partial charge in [0.1, 0.15) is 6.04 Å². The van der Waals surface area contributed by atoms with E-state index in [1.165, 1.54) is 23.7 Å². The molecule has 1 fully saturated rings. The number of halogens is 2. The smallest absolute Gasteiger partial charge is 0.243 e. The summed E-state index contributed by atoms with van der Waals surface area (Å²) >= 11 is 14.2. The lowest BCUT2D eigenvalue weighted by Crippen LogP contribution is -2.53. The van der Waals surface area contributed by atoms with Gasteiger partial charge in [0.05, 0.1) is 5.75 Å². The van der Waals surface area contributed by atoms with Gasteiger partial charge in [-0.05, 0) is 55.2 Å². The first-order chi connectivity index (χ1) is 18.4. The molecule has 0 bridgehead atoms. The van der Waals surface area contributed by atoms with E-state index in [9.17, 15) is 9.59 Å². The van der Waals surface area contributed by atoms with E-state index in [2.05, 4.69) is 5.32 Å². The normalized spacial score (nSPS) is 14.6. The molecule has 7 heteroatoms. The van der Waals surface area contributed by atoms with Crippen molar-refractivity contribution in [1.29, 1.82) is 0 Å². The number of nitrogens with zero attached hydrogens (tertiary/aromatic N) is 1. The van der Waals surface area contributed by atoms with Crippen LogP contribution < -0.4 is 5.32 Å². The van der Waals surface area contributed by atoms with E-state index in [-0.39, 0.29) is 30.2 Å². The van der Waals surface area contributed by atoms with Crippen molar-refractivity contribution >= 4 is 46.8 Å². The highest BCUT2D eigenvalue weighted by atomic mass is 35.5. The Labute approximate surface area is 240 Å². The van der Waals surface area contributed by atoms with Crippen LogP contribution in [0.4, 0.5) is 0 Å². The van der Waals surface area contributed by atoms with Crippen molar-refractivity contribution in [2.75, 3.05) is 5.75 Å². The van der Waals surface area contributed by atoms with Crippen LogP contribution >= 0.6 is 35.0 Å². The van der Waals surface area contributed by atoms with Gasteiger partial charge in [-0.15, -0.1) is 11.8 Å². The molecule has 1 aliphatic rings. The average Bonchev–Trinajstić information content (AvgIpc) is 2.92. The molecule has 4 nitrogen and oxygen atoms in total. The molecular weight excluding hydrogens is 535 g/mol. The molecule has 1 saturated carbocycles. The van der Waals surface area contributed by atoms with Gasteiger partial charge in [-0.3, -0.25) is 9.59 Å². The maximum Gasteiger partial charge on any atom is 0.243 e. The third kappa shape index (κ3) is 8.26. The molecule has 0 aliphatic heterocycles. The van der Waals surface area contributed by atoms with E-state index in [0.717, 1.165) is 41.7 Å². The summed E-state index contributed by atoms with van der Waals surface area (Å²) in [5, 5.41) is 4.28. The maximum atomic E-state index is 13.9. The molecule has 1 unspecified atom stereocenters. The summed E-state index contributed by atoms with van der Waals surface area (Å²) in [6.45, 7) is 2.26. The molecule has 3 aromatic rings. The van der Waals surface area contributed by atoms with Crippen LogP contribution in [0.2, 0.25) is 10.0 Å². The summed E-state index contributed by atoms with van der Waals surface area (Å²) in [6.07, 6.45) is 5.81. The summed E-state index contributed by atoms with van der Waals surface area (Å²) < 4.78 is 0. The number of amides is 2. The van der Waals surface area contributed by atoms with Crippen LogP contribution in [-0.4, -0.2) is 34.6 Å². The van der Waals surface area contributed by atoms with E-state index < -0.39 is 6.04 Å². The Hall–Kier alpha value is -2.47. The first kappa shape index (κ1) is 28.5. The topological polar surface area (TPSA) is 49.4 Å². The number of thioether (sulfide) groups is 1. The fourth-order valence-corrected chi connectivity index (χ4v) is 6.05. The molecule has 0 aromatic heterocycles. The lowest BCUT2D eigenvalue weighted by Gasteiger charge is -2.33. The van der Waals surface area contributed by atoms with Gasteiger partial charge in [0, 0.05) is 33.9 Å². The molecule has 1 atom stereocenters. The van der Waals surface area contributed by atoms with Crippen molar-refractivity contribution in [2.24, 2.45) is 0 Å². The molecule has 2 amide bonds. The molecule has 1 aliphatic carbocycles. The van der Waals surface area contributed by atoms with Gasteiger partial charge in [-0.25, -0.2) is 0 Å². The summed E-state index contributed by atoms with van der Waals surface area (Å²) in [5.41, 5.74) is 2.93. The second-order valence-corrected chi connectivity index (χ2v) is 11.8. The van der Waals surface area contributed by atoms with E-state index in [0.29, 0.717) is 16.5 Å². The molecule has 0 heterocycles. The van der Waals surface area contributed by atoms with Crippen molar-refractivity contribution in [3.05, 3.63) is 99.5 Å². The van der Waals surface area contributed by atoms with Gasteiger partial charge in [-0.2, -0.15) is 0 Å². The average molecular weight is 570 g/mol. The molecule has 3 aromatic carbocycles. The summed E-state index contributed by atoms with van der Waals surface area (Å²) in [4.78, 5) is 30.4. The first-order valence-corrected chi connectivity index (χ1v) is 14.9. The van der Waals surface area contributed by atoms with Crippen LogP contribution in [0.1, 0.15) is 48.8 Å². The Morgan fingerprint density at radius 3 is 2.37 bits per heavy atom. The van der Waals surface area contributed by atoms with Gasteiger partial charge in [-0.1, -0.05) is 96.6 Å². The Kier molecular flexibility index (Phi) is 10.6. The largest absolute Gasteiger partial charge is 0.352 e. The quantitative estimate of drug-likeness (QED) is 0.258. The molecule has 200 valence electrons. The second-order valence-electron chi connectivity index (χ2n) is 9.91. The minimum Gasteiger partial charge on any atom is -0.352 e. The predicted octanol–water partition coefficient (Wildman–Crippen LogP) is 7.48. The van der Waals surface area contributed by atoms with Gasteiger partial charge < -0.3 is 10.2 Å². The van der Waals surface area contributed by atoms with Gasteiger partial charge >= 0.3 is 0 Å². The van der Waals surface area contributed by atoms with Gasteiger partial charge in [0.15, 0.2) is 0 Å². The number of hydrogen-bond donors (Lipinski definition) is 1. The maximum absolute atomic E-state index is 13.9. The number of carbonyl (C=O) groups excluding carboxylic acids is 2. The Bertz CT molecular complexity index is 1210. The van der Waals surface area contributed by atoms with Gasteiger partial charge in [0.2, 0.25) is 11.8 Å². The number of carbonyl (C=O) groups is 2. The standard InChI is InChI=1S/C31H34Cl2N2O2S/c1-22-12-16-27(17-13-22)38-21-30(36)35(20-24-14-15-25(32)19-28(24)33)29(18-23-8-4-2-5-9-23)31(37)34-26-10-6-3-7-11-26/h2,4-5,8-9,12-17,19,26,29H,3,6-7,10-11,18,20-21H2,1H3,(H,34,37). The highest BCUT2D eigenvalue weighted by Gasteiger charge is 2.32. The summed E-state index contributed by atoms with van der Waals surface area (Å²) in [7, 11) is 0. The zero-order chi connectivity index (χ0) is 26.9. The summed E-state index contributed by atoms with van der Waals surface area (Å²) in [5.74, 6) is -0.00292. The van der Waals surface area contributed by atoms with Crippen molar-refractivity contribution in [2.45, 2.75) is 69.0 Å². The Balaban J connectivity index is 1.62. The molecular formula is C31H34Cl2N2O2S. The second kappa shape index (κ2) is 14.1. The van der Waals surface area contributed by atoms with Crippen LogP contribution in [-0.2, 0) is 22.6 Å². The zero-order valence-electron chi connectivity index (χ0n) is 21.7. The number of hydrogen-bond acceptors (Lipinski definition) is 3. The van der Waals surface area contributed by atoms with Crippen LogP contribution in [0.15, 0.2) is 77.7 Å². The summed E-state index contributed by atoms with van der Waals surface area (Å²) in [6, 6.07) is 22.7. The molecule has 0 spiro atoms. The van der Waals surface area contributed by atoms with Crippen LogP contribution in [0, 0.1) is 6.92 Å². The van der Waals surface area contributed by atoms with Crippen molar-refractivity contribution < 1.29 is 9.59 Å². The molecule has 0 saturated heterocycles. The number of aryl methyl sites for hydroxylation is 1. The van der Waals surface area contributed by atoms with Crippen LogP contribution in [0.5, 0.6) is 0 Å². The van der Waals surface area contributed by atoms with Crippen molar-refractivity contribution in [3.8, 4) is 0 Å². The Morgan fingerprint density at radius 1 is 0.974 bits per heavy atom. The molecule has 38 heavy (non-hydrogen) atoms. The van der Waals surface area contributed by atoms with Crippen molar-refractivity contribution in [1.82, 2.24) is 10.2 Å². The molecule has 4 rings (SSSR count). The number of benzene rings is 3. The fourth-order valence-electron chi connectivity index (χ4n) is 4.79. The lowest BCUT2D eigenvalue weighted by molar-refractivity contribution is -0.139. The predicted molar refractivity (Wildman–Crippen MR) is 158 cm³/mol.